The van der Waals surface area contributed by atoms with Gasteiger partial charge in [0.05, 0.1) is 0 Å². The van der Waals surface area contributed by atoms with E-state index in [1.54, 1.807) is 0 Å². The fraction of sp³-hybridized carbons (Fsp3) is 0.857. The van der Waals surface area contributed by atoms with Crippen LogP contribution in [0.5, 0.6) is 0 Å². The van der Waals surface area contributed by atoms with Crippen molar-refractivity contribution >= 4 is 29.2 Å². The number of rotatable bonds is 0. The molecule has 0 aromatic carbocycles. The molecule has 0 aliphatic carbocycles. The maximum atomic E-state index is 4.94. The van der Waals surface area contributed by atoms with E-state index in [1.165, 1.54) is 6.42 Å². The van der Waals surface area contributed by atoms with Crippen molar-refractivity contribution in [3.8, 4) is 0 Å². The first-order valence-electron chi connectivity index (χ1n) is 3.84. The molecule has 3 nitrogen and oxygen atoms in total. The van der Waals surface area contributed by atoms with Gasteiger partial charge in [-0.3, -0.25) is 0 Å². The van der Waals surface area contributed by atoms with E-state index in [0.29, 0.717) is 4.32 Å². The second-order valence-electron chi connectivity index (χ2n) is 2.91. The summed E-state index contributed by atoms with van der Waals surface area (Å²) in [5.41, 5.74) is 0. The molecule has 0 aromatic heterocycles. The Hall–Kier alpha value is 1.03. The number of nitrogens with zero attached hydrogens (tertiary/aromatic N) is 2. The minimum absolute atomic E-state index is 0. The normalized spacial score (nSPS) is 18.1. The SMILES string of the molecule is CN1CCCN(C(=S)[S-])CC1.O.[Na+]. The van der Waals surface area contributed by atoms with E-state index >= 15 is 0 Å². The van der Waals surface area contributed by atoms with Crippen LogP contribution >= 0.6 is 12.2 Å². The second-order valence-corrected chi connectivity index (χ2v) is 3.94. The van der Waals surface area contributed by atoms with Gasteiger partial charge in [-0.15, -0.1) is 0 Å². The fourth-order valence-electron chi connectivity index (χ4n) is 1.23. The molecule has 0 aromatic rings. The average molecular weight is 230 g/mol. The Kier molecular flexibility index (Phi) is 10.6. The van der Waals surface area contributed by atoms with E-state index in [1.807, 2.05) is 0 Å². The summed E-state index contributed by atoms with van der Waals surface area (Å²) in [6.45, 7) is 4.27. The van der Waals surface area contributed by atoms with Crippen LogP contribution in [-0.4, -0.2) is 52.8 Å². The second kappa shape index (κ2) is 8.35. The van der Waals surface area contributed by atoms with Gasteiger partial charge in [0.1, 0.15) is 0 Å². The zero-order valence-electron chi connectivity index (χ0n) is 8.25. The van der Waals surface area contributed by atoms with Gasteiger partial charge in [0.15, 0.2) is 0 Å². The largest absolute Gasteiger partial charge is 1.00 e. The van der Waals surface area contributed by atoms with Gasteiger partial charge in [0, 0.05) is 19.6 Å². The Balaban J connectivity index is 0. The fourth-order valence-corrected chi connectivity index (χ4v) is 1.59. The molecule has 2 N–H and O–H groups in total. The molecule has 72 valence electrons. The third-order valence-electron chi connectivity index (χ3n) is 1.98. The van der Waals surface area contributed by atoms with Crippen LogP contribution in [0.2, 0.25) is 0 Å². The van der Waals surface area contributed by atoms with Crippen LogP contribution in [0.4, 0.5) is 0 Å². The first-order chi connectivity index (χ1) is 5.20. The predicted molar refractivity (Wildman–Crippen MR) is 57.3 cm³/mol. The maximum Gasteiger partial charge on any atom is 1.00 e. The molecule has 0 saturated carbocycles. The van der Waals surface area contributed by atoms with E-state index in [0.717, 1.165) is 26.2 Å². The molecule has 1 saturated heterocycles. The van der Waals surface area contributed by atoms with Crippen molar-refractivity contribution < 1.29 is 35.0 Å². The molecule has 1 fully saturated rings. The van der Waals surface area contributed by atoms with Crippen LogP contribution in [-0.2, 0) is 12.6 Å². The number of hydrogen-bond donors (Lipinski definition) is 0. The molecule has 1 heterocycles. The molecule has 13 heavy (non-hydrogen) atoms. The molecule has 0 amide bonds. The summed E-state index contributed by atoms with van der Waals surface area (Å²) in [6, 6.07) is 0. The molecule has 6 heteroatoms. The predicted octanol–water partition coefficient (Wildman–Crippen LogP) is -3.36. The minimum atomic E-state index is 0. The maximum absolute atomic E-state index is 4.94. The van der Waals surface area contributed by atoms with Crippen LogP contribution in [0, 0.1) is 0 Å². The van der Waals surface area contributed by atoms with E-state index < -0.39 is 0 Å². The zero-order chi connectivity index (χ0) is 8.27. The smallest absolute Gasteiger partial charge is 0.412 e. The third-order valence-corrected chi connectivity index (χ3v) is 2.49. The summed E-state index contributed by atoms with van der Waals surface area (Å²) in [7, 11) is 2.13. The molecular weight excluding hydrogens is 215 g/mol. The van der Waals surface area contributed by atoms with Crippen molar-refractivity contribution in [2.45, 2.75) is 6.42 Å². The quantitative estimate of drug-likeness (QED) is 0.247. The van der Waals surface area contributed by atoms with Gasteiger partial charge in [-0.1, -0.05) is 4.32 Å². The Morgan fingerprint density at radius 2 is 1.85 bits per heavy atom. The van der Waals surface area contributed by atoms with Crippen LogP contribution in [0.3, 0.4) is 0 Å². The van der Waals surface area contributed by atoms with Gasteiger partial charge in [-0.05, 0) is 20.0 Å². The van der Waals surface area contributed by atoms with Crippen molar-refractivity contribution in [3.63, 3.8) is 0 Å². The minimum Gasteiger partial charge on any atom is -0.412 e. The third kappa shape index (κ3) is 6.17. The van der Waals surface area contributed by atoms with Crippen LogP contribution < -0.4 is 29.6 Å². The van der Waals surface area contributed by atoms with Gasteiger partial charge in [-0.25, -0.2) is 0 Å². The molecule has 0 unspecified atom stereocenters. The Labute approximate surface area is 113 Å². The van der Waals surface area contributed by atoms with E-state index in [9.17, 15) is 0 Å². The Morgan fingerprint density at radius 3 is 2.38 bits per heavy atom. The summed E-state index contributed by atoms with van der Waals surface area (Å²) >= 11 is 9.87. The summed E-state index contributed by atoms with van der Waals surface area (Å²) in [6.07, 6.45) is 1.17. The van der Waals surface area contributed by atoms with E-state index in [4.69, 9.17) is 24.8 Å². The van der Waals surface area contributed by atoms with Crippen LogP contribution in [0.25, 0.3) is 0 Å². The summed E-state index contributed by atoms with van der Waals surface area (Å²) in [5.74, 6) is 0. The zero-order valence-corrected chi connectivity index (χ0v) is 11.9. The first kappa shape index (κ1) is 16.5. The monoisotopic (exact) mass is 230 g/mol. The number of likely N-dealkylation sites (N-methyl/N-ethyl adjacent to an activating group) is 1. The van der Waals surface area contributed by atoms with Crippen molar-refractivity contribution in [2.75, 3.05) is 33.2 Å². The molecular formula is C7H15N2NaOS2. The van der Waals surface area contributed by atoms with Gasteiger partial charge >= 0.3 is 29.6 Å². The standard InChI is InChI=1S/C7H14N2S2.Na.H2O/c1-8-3-2-4-9(6-5-8)7(10)11;;/h2-6H2,1H3,(H,10,11);;1H2/q;+1;/p-1. The molecule has 0 spiro atoms. The summed E-state index contributed by atoms with van der Waals surface area (Å²) in [4.78, 5) is 4.42. The van der Waals surface area contributed by atoms with Gasteiger partial charge < -0.3 is 40.1 Å². The topological polar surface area (TPSA) is 38.0 Å². The van der Waals surface area contributed by atoms with Crippen LogP contribution in [0.1, 0.15) is 6.42 Å². The number of thiocarbonyl (C=S) groups is 1. The van der Waals surface area contributed by atoms with Crippen molar-refractivity contribution in [1.82, 2.24) is 9.80 Å². The van der Waals surface area contributed by atoms with Crippen molar-refractivity contribution in [1.29, 1.82) is 0 Å². The van der Waals surface area contributed by atoms with Gasteiger partial charge in [0.25, 0.3) is 0 Å². The van der Waals surface area contributed by atoms with Crippen LogP contribution in [0.15, 0.2) is 0 Å². The van der Waals surface area contributed by atoms with Gasteiger partial charge in [0.2, 0.25) is 0 Å². The van der Waals surface area contributed by atoms with Crippen molar-refractivity contribution in [3.05, 3.63) is 0 Å². The van der Waals surface area contributed by atoms with E-state index in [2.05, 4.69) is 16.8 Å². The molecule has 1 aliphatic rings. The molecule has 0 atom stereocenters. The number of hydrogen-bond acceptors (Lipinski definition) is 3. The summed E-state index contributed by atoms with van der Waals surface area (Å²) < 4.78 is 0.625. The first-order valence-corrected chi connectivity index (χ1v) is 4.66. The Morgan fingerprint density at radius 1 is 1.23 bits per heavy atom. The molecule has 0 bridgehead atoms. The molecule has 0 radical (unpaired) electrons. The van der Waals surface area contributed by atoms with E-state index in [-0.39, 0.29) is 35.0 Å². The Bertz CT molecular complexity index is 159. The summed E-state index contributed by atoms with van der Waals surface area (Å²) in [5, 5.41) is 0. The average Bonchev–Trinajstić information content (AvgIpc) is 2.13. The van der Waals surface area contributed by atoms with Gasteiger partial charge in [-0.2, -0.15) is 0 Å². The van der Waals surface area contributed by atoms with Crippen molar-refractivity contribution in [2.24, 2.45) is 0 Å². The molecule has 1 aliphatic heterocycles. The molecule has 1 rings (SSSR count).